The summed E-state index contributed by atoms with van der Waals surface area (Å²) in [5.74, 6) is 0.508. The van der Waals surface area contributed by atoms with Crippen molar-refractivity contribution in [2.75, 3.05) is 32.6 Å². The molecule has 3 aromatic rings. The van der Waals surface area contributed by atoms with Gasteiger partial charge in [0.1, 0.15) is 10.6 Å². The lowest BCUT2D eigenvalue weighted by molar-refractivity contribution is 0.0941. The fourth-order valence-corrected chi connectivity index (χ4v) is 4.75. The van der Waals surface area contributed by atoms with Crippen LogP contribution in [0.3, 0.4) is 0 Å². The van der Waals surface area contributed by atoms with Gasteiger partial charge in [-0.1, -0.05) is 23.2 Å². The zero-order valence-electron chi connectivity index (χ0n) is 14.8. The summed E-state index contributed by atoms with van der Waals surface area (Å²) < 4.78 is 10.6. The first-order valence-corrected chi connectivity index (χ1v) is 10.0. The fraction of sp³-hybridized carbons (Fsp3) is 0.278. The number of carbonyl (C=O) groups is 1. The number of ether oxygens (including phenoxy) is 2. The van der Waals surface area contributed by atoms with E-state index in [2.05, 4.69) is 15.3 Å². The minimum absolute atomic E-state index is 0.106. The van der Waals surface area contributed by atoms with Gasteiger partial charge in [0.15, 0.2) is 0 Å². The van der Waals surface area contributed by atoms with E-state index in [1.54, 1.807) is 19.2 Å². The molecule has 2 aromatic heterocycles. The summed E-state index contributed by atoms with van der Waals surface area (Å²) in [7, 11) is 1.58. The quantitative estimate of drug-likeness (QED) is 0.590. The first-order valence-electron chi connectivity index (χ1n) is 8.47. The number of nitrogens with one attached hydrogen (secondary N) is 1. The number of carbonyl (C=O) groups excluding carboxylic acids is 1. The summed E-state index contributed by atoms with van der Waals surface area (Å²) in [6.07, 6.45) is 0.658. The number of nitrogens with zero attached hydrogens (tertiary/aromatic N) is 2. The van der Waals surface area contributed by atoms with Gasteiger partial charge in [-0.25, -0.2) is 9.97 Å². The molecule has 0 saturated heterocycles. The first-order chi connectivity index (χ1) is 13.5. The lowest BCUT2D eigenvalue weighted by Gasteiger charge is -2.12. The number of nitrogen functional groups attached to an aromatic ring is 1. The molecule has 1 aliphatic rings. The van der Waals surface area contributed by atoms with Crippen LogP contribution in [0.2, 0.25) is 10.0 Å². The molecular weight excluding hydrogens is 423 g/mol. The molecule has 0 radical (unpaired) electrons. The summed E-state index contributed by atoms with van der Waals surface area (Å²) in [5.41, 5.74) is 8.10. The number of hydrogen-bond acceptors (Lipinski definition) is 7. The van der Waals surface area contributed by atoms with Gasteiger partial charge in [-0.3, -0.25) is 4.79 Å². The lowest BCUT2D eigenvalue weighted by atomic mass is 10.00. The Morgan fingerprint density at radius 3 is 2.96 bits per heavy atom. The number of thiophene rings is 1. The maximum Gasteiger partial charge on any atom is 0.261 e. The average molecular weight is 439 g/mol. The number of halogens is 2. The maximum atomic E-state index is 12.4. The van der Waals surface area contributed by atoms with Crippen molar-refractivity contribution >= 4 is 56.6 Å². The van der Waals surface area contributed by atoms with Crippen molar-refractivity contribution in [1.29, 1.82) is 0 Å². The van der Waals surface area contributed by atoms with Crippen molar-refractivity contribution in [3.05, 3.63) is 32.6 Å². The van der Waals surface area contributed by atoms with Crippen LogP contribution in [0, 0.1) is 0 Å². The van der Waals surface area contributed by atoms with Crippen molar-refractivity contribution in [2.45, 2.75) is 6.42 Å². The van der Waals surface area contributed by atoms with Crippen LogP contribution in [0.15, 0.2) is 12.1 Å². The van der Waals surface area contributed by atoms with Gasteiger partial charge in [0.2, 0.25) is 5.95 Å². The van der Waals surface area contributed by atoms with Crippen LogP contribution in [0.5, 0.6) is 5.75 Å². The predicted octanol–water partition coefficient (Wildman–Crippen LogP) is 3.56. The third-order valence-corrected chi connectivity index (χ3v) is 5.95. The molecule has 3 N–H and O–H groups in total. The summed E-state index contributed by atoms with van der Waals surface area (Å²) in [5, 5.41) is 4.41. The molecule has 1 aromatic carbocycles. The number of rotatable bonds is 5. The summed E-state index contributed by atoms with van der Waals surface area (Å²) in [6, 6.07) is 3.39. The minimum atomic E-state index is -0.208. The number of amides is 1. The second kappa shape index (κ2) is 7.71. The lowest BCUT2D eigenvalue weighted by Crippen LogP contribution is -2.26. The Kier molecular flexibility index (Phi) is 5.29. The van der Waals surface area contributed by atoms with Crippen molar-refractivity contribution in [3.8, 4) is 17.0 Å². The Morgan fingerprint density at radius 2 is 2.18 bits per heavy atom. The molecule has 0 aliphatic carbocycles. The van der Waals surface area contributed by atoms with Crippen molar-refractivity contribution in [3.63, 3.8) is 0 Å². The number of nitrogens with two attached hydrogens (primary N) is 1. The Hall–Kier alpha value is -2.13. The number of hydrogen-bond donors (Lipinski definition) is 2. The van der Waals surface area contributed by atoms with E-state index in [-0.39, 0.29) is 11.9 Å². The number of benzene rings is 1. The number of fused-ring (bicyclic) bond motifs is 2. The SMILES string of the molecule is COCCNC(=O)c1cc2c(-c3c(Cl)cc(Cl)c4c3CCO4)nc(N)nc2s1. The van der Waals surface area contributed by atoms with Gasteiger partial charge < -0.3 is 20.5 Å². The molecule has 10 heteroatoms. The molecule has 1 amide bonds. The minimum Gasteiger partial charge on any atom is -0.491 e. The first kappa shape index (κ1) is 19.2. The molecule has 0 spiro atoms. The molecule has 4 rings (SSSR count). The zero-order valence-corrected chi connectivity index (χ0v) is 17.2. The zero-order chi connectivity index (χ0) is 19.8. The number of methoxy groups -OCH3 is 1. The van der Waals surface area contributed by atoms with Crippen LogP contribution in [0.25, 0.3) is 21.5 Å². The van der Waals surface area contributed by atoms with E-state index >= 15 is 0 Å². The van der Waals surface area contributed by atoms with Gasteiger partial charge in [-0.05, 0) is 12.1 Å². The van der Waals surface area contributed by atoms with Crippen molar-refractivity contribution < 1.29 is 14.3 Å². The molecule has 3 heterocycles. The monoisotopic (exact) mass is 438 g/mol. The predicted molar refractivity (Wildman–Crippen MR) is 111 cm³/mol. The number of aromatic nitrogens is 2. The van der Waals surface area contributed by atoms with Crippen LogP contribution in [0.1, 0.15) is 15.2 Å². The van der Waals surface area contributed by atoms with Gasteiger partial charge in [0.05, 0.1) is 33.8 Å². The van der Waals surface area contributed by atoms with E-state index < -0.39 is 0 Å². The highest BCUT2D eigenvalue weighted by molar-refractivity contribution is 7.20. The molecule has 0 saturated carbocycles. The third-order valence-electron chi connectivity index (χ3n) is 4.35. The molecule has 0 bridgehead atoms. The average Bonchev–Trinajstić information content (AvgIpc) is 3.29. The highest BCUT2D eigenvalue weighted by atomic mass is 35.5. The number of anilines is 1. The van der Waals surface area contributed by atoms with E-state index in [1.807, 2.05) is 0 Å². The molecule has 1 aliphatic heterocycles. The van der Waals surface area contributed by atoms with Crippen LogP contribution < -0.4 is 15.8 Å². The van der Waals surface area contributed by atoms with Crippen LogP contribution in [-0.2, 0) is 11.2 Å². The van der Waals surface area contributed by atoms with Crippen LogP contribution in [-0.4, -0.2) is 42.7 Å². The normalized spacial score (nSPS) is 12.8. The van der Waals surface area contributed by atoms with Crippen molar-refractivity contribution in [2.24, 2.45) is 0 Å². The smallest absolute Gasteiger partial charge is 0.261 e. The fourth-order valence-electron chi connectivity index (χ4n) is 3.15. The highest BCUT2D eigenvalue weighted by Gasteiger charge is 2.26. The van der Waals surface area contributed by atoms with E-state index in [9.17, 15) is 4.79 Å². The molecule has 7 nitrogen and oxygen atoms in total. The Bertz CT molecular complexity index is 1090. The summed E-state index contributed by atoms with van der Waals surface area (Å²) in [6.45, 7) is 1.36. The topological polar surface area (TPSA) is 99.4 Å². The van der Waals surface area contributed by atoms with Gasteiger partial charge >= 0.3 is 0 Å². The standard InChI is InChI=1S/C18H16Cl2N4O3S/c1-26-5-3-22-16(25)12-6-9-14(23-18(21)24-17(9)28-12)13-8-2-4-27-15(8)11(20)7-10(13)19/h6-7H,2-5H2,1H3,(H,22,25)(H2,21,23,24). The Labute approximate surface area is 174 Å². The van der Waals surface area contributed by atoms with Crippen molar-refractivity contribution in [1.82, 2.24) is 15.3 Å². The largest absolute Gasteiger partial charge is 0.491 e. The van der Waals surface area contributed by atoms with Gasteiger partial charge in [0, 0.05) is 36.6 Å². The van der Waals surface area contributed by atoms with E-state index in [0.29, 0.717) is 68.3 Å². The van der Waals surface area contributed by atoms with E-state index in [1.165, 1.54) is 11.3 Å². The van der Waals surface area contributed by atoms with Crippen LogP contribution >= 0.6 is 34.5 Å². The highest BCUT2D eigenvalue weighted by Crippen LogP contribution is 2.46. The van der Waals surface area contributed by atoms with Gasteiger partial charge in [0.25, 0.3) is 5.91 Å². The molecule has 0 atom stereocenters. The molecular formula is C18H16Cl2N4O3S. The van der Waals surface area contributed by atoms with E-state index in [0.717, 1.165) is 5.56 Å². The van der Waals surface area contributed by atoms with Crippen LogP contribution in [0.4, 0.5) is 5.95 Å². The second-order valence-electron chi connectivity index (χ2n) is 6.13. The van der Waals surface area contributed by atoms with Gasteiger partial charge in [-0.2, -0.15) is 0 Å². The Balaban J connectivity index is 1.85. The third kappa shape index (κ3) is 3.37. The molecule has 0 unspecified atom stereocenters. The second-order valence-corrected chi connectivity index (χ2v) is 7.97. The molecule has 146 valence electrons. The van der Waals surface area contributed by atoms with E-state index in [4.69, 9.17) is 38.4 Å². The van der Waals surface area contributed by atoms with Gasteiger partial charge in [-0.15, -0.1) is 11.3 Å². The summed E-state index contributed by atoms with van der Waals surface area (Å²) >= 11 is 14.0. The maximum absolute atomic E-state index is 12.4. The molecule has 28 heavy (non-hydrogen) atoms. The summed E-state index contributed by atoms with van der Waals surface area (Å²) in [4.78, 5) is 22.2. The molecule has 0 fully saturated rings. The Morgan fingerprint density at radius 1 is 1.36 bits per heavy atom.